The van der Waals surface area contributed by atoms with Gasteiger partial charge in [0, 0.05) is 13.6 Å². The molecule has 1 aliphatic heterocycles. The molecule has 102 valence electrons. The number of carbonyl (C=O) groups is 2. The highest BCUT2D eigenvalue weighted by molar-refractivity contribution is 7.80. The predicted octanol–water partition coefficient (Wildman–Crippen LogP) is 0.426. The Hall–Kier alpha value is -1.17. The first-order valence-electron chi connectivity index (χ1n) is 6.21. The molecular weight excluding hydrogens is 250 g/mol. The molecule has 0 aromatic heterocycles. The van der Waals surface area contributed by atoms with Gasteiger partial charge in [-0.2, -0.15) is 0 Å². The number of carbonyl (C=O) groups excluding carboxylic acids is 2. The van der Waals surface area contributed by atoms with Gasteiger partial charge >= 0.3 is 0 Å². The Morgan fingerprint density at radius 1 is 1.56 bits per heavy atom. The van der Waals surface area contributed by atoms with Gasteiger partial charge in [0.2, 0.25) is 11.8 Å². The molecule has 3 N–H and O–H groups in total. The number of likely N-dealkylation sites (N-methyl/N-ethyl adjacent to an activating group) is 1. The molecular formula is C12H21N3O2S. The van der Waals surface area contributed by atoms with E-state index >= 15 is 0 Å². The molecule has 0 saturated carbocycles. The lowest BCUT2D eigenvalue weighted by molar-refractivity contribution is -0.143. The first-order valence-corrected chi connectivity index (χ1v) is 6.61. The third-order valence-electron chi connectivity index (χ3n) is 3.79. The van der Waals surface area contributed by atoms with E-state index in [-0.39, 0.29) is 22.8 Å². The van der Waals surface area contributed by atoms with Crippen molar-refractivity contribution in [2.45, 2.75) is 39.2 Å². The van der Waals surface area contributed by atoms with Crippen molar-refractivity contribution in [3.05, 3.63) is 0 Å². The molecule has 0 radical (unpaired) electrons. The Morgan fingerprint density at radius 3 is 2.61 bits per heavy atom. The monoisotopic (exact) mass is 271 g/mol. The van der Waals surface area contributed by atoms with Gasteiger partial charge in [-0.1, -0.05) is 19.1 Å². The summed E-state index contributed by atoms with van der Waals surface area (Å²) in [5.74, 6) is -0.258. The van der Waals surface area contributed by atoms with Crippen molar-refractivity contribution < 1.29 is 9.59 Å². The fourth-order valence-corrected chi connectivity index (χ4v) is 2.43. The second-order valence-corrected chi connectivity index (χ2v) is 5.26. The van der Waals surface area contributed by atoms with E-state index in [1.807, 2.05) is 6.92 Å². The van der Waals surface area contributed by atoms with E-state index in [1.54, 1.807) is 18.9 Å². The standard InChI is InChI=1S/C12H21N3O2S/c1-4-12(2,10(13)18)11(17)15-7-5-6-8(15)9(16)14-3/h8H,4-7H2,1-3H3,(H2,13,18)(H,14,16). The van der Waals surface area contributed by atoms with Gasteiger partial charge in [0.1, 0.15) is 6.04 Å². The molecule has 0 aliphatic carbocycles. The molecule has 18 heavy (non-hydrogen) atoms. The molecule has 0 aromatic carbocycles. The lowest BCUT2D eigenvalue weighted by atomic mass is 9.85. The number of nitrogens with two attached hydrogens (primary N) is 1. The summed E-state index contributed by atoms with van der Waals surface area (Å²) in [4.78, 5) is 26.1. The second-order valence-electron chi connectivity index (χ2n) is 4.82. The summed E-state index contributed by atoms with van der Waals surface area (Å²) in [6, 6.07) is -0.386. The van der Waals surface area contributed by atoms with Crippen LogP contribution in [-0.2, 0) is 9.59 Å². The molecule has 1 rings (SSSR count). The van der Waals surface area contributed by atoms with Gasteiger partial charge in [-0.3, -0.25) is 9.59 Å². The molecule has 1 saturated heterocycles. The smallest absolute Gasteiger partial charge is 0.242 e. The summed E-state index contributed by atoms with van der Waals surface area (Å²) < 4.78 is 0. The fourth-order valence-electron chi connectivity index (χ4n) is 2.20. The minimum absolute atomic E-state index is 0.123. The minimum Gasteiger partial charge on any atom is -0.392 e. The molecule has 0 spiro atoms. The number of hydrogen-bond donors (Lipinski definition) is 2. The molecule has 1 fully saturated rings. The summed E-state index contributed by atoms with van der Waals surface area (Å²) in [5.41, 5.74) is 4.83. The Morgan fingerprint density at radius 2 is 2.17 bits per heavy atom. The van der Waals surface area contributed by atoms with Crippen molar-refractivity contribution in [1.82, 2.24) is 10.2 Å². The van der Waals surface area contributed by atoms with E-state index in [9.17, 15) is 9.59 Å². The molecule has 2 amide bonds. The largest absolute Gasteiger partial charge is 0.392 e. The number of likely N-dealkylation sites (tertiary alicyclic amines) is 1. The first-order chi connectivity index (χ1) is 8.38. The lowest BCUT2D eigenvalue weighted by Gasteiger charge is -2.33. The number of rotatable bonds is 4. The number of nitrogens with zero attached hydrogens (tertiary/aromatic N) is 1. The van der Waals surface area contributed by atoms with E-state index in [1.165, 1.54) is 0 Å². The summed E-state index contributed by atoms with van der Waals surface area (Å²) >= 11 is 5.00. The topological polar surface area (TPSA) is 75.4 Å². The van der Waals surface area contributed by atoms with Gasteiger partial charge < -0.3 is 16.0 Å². The maximum Gasteiger partial charge on any atom is 0.242 e. The van der Waals surface area contributed by atoms with Crippen LogP contribution in [0.3, 0.4) is 0 Å². The van der Waals surface area contributed by atoms with Gasteiger partial charge in [-0.25, -0.2) is 0 Å². The molecule has 5 nitrogen and oxygen atoms in total. The summed E-state index contributed by atoms with van der Waals surface area (Å²) in [6.07, 6.45) is 2.07. The lowest BCUT2D eigenvalue weighted by Crippen LogP contribution is -2.53. The highest BCUT2D eigenvalue weighted by atomic mass is 32.1. The second kappa shape index (κ2) is 5.65. The van der Waals surface area contributed by atoms with E-state index in [0.29, 0.717) is 19.4 Å². The summed E-state index contributed by atoms with van der Waals surface area (Å²) in [6.45, 7) is 4.22. The molecule has 0 bridgehead atoms. The van der Waals surface area contributed by atoms with E-state index in [0.717, 1.165) is 6.42 Å². The molecule has 2 unspecified atom stereocenters. The summed E-state index contributed by atoms with van der Waals surface area (Å²) in [7, 11) is 1.58. The normalized spacial score (nSPS) is 22.4. The maximum absolute atomic E-state index is 12.5. The summed E-state index contributed by atoms with van der Waals surface area (Å²) in [5, 5.41) is 2.59. The number of thiocarbonyl (C=S) groups is 1. The van der Waals surface area contributed by atoms with E-state index in [4.69, 9.17) is 18.0 Å². The zero-order valence-electron chi connectivity index (χ0n) is 11.2. The van der Waals surface area contributed by atoms with Gasteiger partial charge in [-0.15, -0.1) is 0 Å². The molecule has 2 atom stereocenters. The Balaban J connectivity index is 2.95. The van der Waals surface area contributed by atoms with Crippen molar-refractivity contribution >= 4 is 29.0 Å². The van der Waals surface area contributed by atoms with Gasteiger partial charge in [0.25, 0.3) is 0 Å². The van der Waals surface area contributed by atoms with Gasteiger partial charge in [-0.05, 0) is 26.2 Å². The SMILES string of the molecule is CCC(C)(C(=O)N1CCCC1C(=O)NC)C(N)=S. The fraction of sp³-hybridized carbons (Fsp3) is 0.750. The Kier molecular flexibility index (Phi) is 4.67. The number of amides is 2. The van der Waals surface area contributed by atoms with E-state index in [2.05, 4.69) is 5.32 Å². The van der Waals surface area contributed by atoms with Crippen molar-refractivity contribution in [1.29, 1.82) is 0 Å². The molecule has 1 heterocycles. The first kappa shape index (κ1) is 14.9. The van der Waals surface area contributed by atoms with Crippen LogP contribution < -0.4 is 11.1 Å². The minimum atomic E-state index is -0.855. The van der Waals surface area contributed by atoms with Crippen molar-refractivity contribution in [2.24, 2.45) is 11.1 Å². The van der Waals surface area contributed by atoms with Crippen LogP contribution in [-0.4, -0.2) is 41.3 Å². The highest BCUT2D eigenvalue weighted by Crippen LogP contribution is 2.29. The van der Waals surface area contributed by atoms with Crippen molar-refractivity contribution in [2.75, 3.05) is 13.6 Å². The Bertz CT molecular complexity index is 372. The average molecular weight is 271 g/mol. The van der Waals surface area contributed by atoms with Crippen molar-refractivity contribution in [3.63, 3.8) is 0 Å². The van der Waals surface area contributed by atoms with Crippen LogP contribution in [0.25, 0.3) is 0 Å². The Labute approximate surface area is 113 Å². The highest BCUT2D eigenvalue weighted by Gasteiger charge is 2.43. The third kappa shape index (κ3) is 2.48. The van der Waals surface area contributed by atoms with Crippen LogP contribution in [0, 0.1) is 5.41 Å². The van der Waals surface area contributed by atoms with E-state index < -0.39 is 5.41 Å². The van der Waals surface area contributed by atoms with Crippen LogP contribution in [0.1, 0.15) is 33.1 Å². The molecule has 0 aromatic rings. The maximum atomic E-state index is 12.5. The van der Waals surface area contributed by atoms with Crippen LogP contribution in [0.2, 0.25) is 0 Å². The van der Waals surface area contributed by atoms with Crippen LogP contribution >= 0.6 is 12.2 Å². The van der Waals surface area contributed by atoms with Crippen molar-refractivity contribution in [3.8, 4) is 0 Å². The van der Waals surface area contributed by atoms with Crippen LogP contribution in [0.15, 0.2) is 0 Å². The number of nitrogens with one attached hydrogen (secondary N) is 1. The predicted molar refractivity (Wildman–Crippen MR) is 74.0 cm³/mol. The van der Waals surface area contributed by atoms with Gasteiger partial charge in [0.15, 0.2) is 0 Å². The zero-order chi connectivity index (χ0) is 13.9. The molecule has 6 heteroatoms. The third-order valence-corrected chi connectivity index (χ3v) is 4.24. The zero-order valence-corrected chi connectivity index (χ0v) is 12.0. The molecule has 1 aliphatic rings. The number of hydrogen-bond acceptors (Lipinski definition) is 3. The van der Waals surface area contributed by atoms with Crippen LogP contribution in [0.5, 0.6) is 0 Å². The van der Waals surface area contributed by atoms with Crippen LogP contribution in [0.4, 0.5) is 0 Å². The quantitative estimate of drug-likeness (QED) is 0.727. The van der Waals surface area contributed by atoms with Gasteiger partial charge in [0.05, 0.1) is 10.4 Å². The average Bonchev–Trinajstić information content (AvgIpc) is 2.84.